The molecule has 0 bridgehead atoms. The van der Waals surface area contributed by atoms with Crippen LogP contribution in [0.2, 0.25) is 0 Å². The fraction of sp³-hybridized carbons (Fsp3) is 0.667. The molecule has 0 aliphatic heterocycles. The molecule has 0 fully saturated rings. The maximum atomic E-state index is 10.6. The van der Waals surface area contributed by atoms with E-state index in [1.165, 1.54) is 6.92 Å². The number of phosphoric acid groups is 2. The molecule has 1 unspecified atom stereocenters. The van der Waals surface area contributed by atoms with E-state index in [0.29, 0.717) is 0 Å². The van der Waals surface area contributed by atoms with Gasteiger partial charge in [-0.3, -0.25) is 9.69 Å². The van der Waals surface area contributed by atoms with Crippen molar-refractivity contribution in [3.8, 4) is 0 Å². The number of phosphoric ester groups is 1. The molecule has 0 aliphatic rings. The van der Waals surface area contributed by atoms with Crippen molar-refractivity contribution in [1.29, 1.82) is 0 Å². The molecule has 3 N–H and O–H groups in total. The third kappa shape index (κ3) is 9.33. The molecule has 11 heteroatoms. The van der Waals surface area contributed by atoms with Gasteiger partial charge in [-0.15, -0.1) is 0 Å². The molecule has 0 radical (unpaired) electrons. The molecule has 0 saturated carbocycles. The molecule has 0 spiro atoms. The third-order valence-corrected chi connectivity index (χ3v) is 2.83. The van der Waals surface area contributed by atoms with Crippen molar-refractivity contribution in [2.45, 2.75) is 13.3 Å². The topological polar surface area (TPSA) is 130 Å². The van der Waals surface area contributed by atoms with E-state index in [9.17, 15) is 13.9 Å². The van der Waals surface area contributed by atoms with Crippen molar-refractivity contribution in [3.63, 3.8) is 0 Å². The summed E-state index contributed by atoms with van der Waals surface area (Å²) in [4.78, 5) is 35.2. The molecule has 14 heavy (non-hydrogen) atoms. The molecule has 80 valence electrons. The predicted molar refractivity (Wildman–Crippen MR) is 46.5 cm³/mol. The second-order valence-electron chi connectivity index (χ2n) is 1.86. The zero-order chi connectivity index (χ0) is 10.7. The van der Waals surface area contributed by atoms with Gasteiger partial charge in [0.25, 0.3) is 0 Å². The first-order valence-electron chi connectivity index (χ1n) is 2.98. The van der Waals surface area contributed by atoms with E-state index >= 15 is 0 Å². The molecule has 0 heterocycles. The van der Waals surface area contributed by atoms with Crippen LogP contribution in [0.1, 0.15) is 13.3 Å². The van der Waals surface area contributed by atoms with Crippen molar-refractivity contribution in [2.24, 2.45) is 0 Å². The fourth-order valence-corrected chi connectivity index (χ4v) is 1.94. The zero-order valence-corrected chi connectivity index (χ0v) is 8.27. The van der Waals surface area contributed by atoms with Crippen LogP contribution in [-0.4, -0.2) is 50.2 Å². The van der Waals surface area contributed by atoms with E-state index in [2.05, 4.69) is 8.83 Å². The van der Waals surface area contributed by atoms with Crippen LogP contribution in [0, 0.1) is 0 Å². The van der Waals surface area contributed by atoms with E-state index in [4.69, 9.17) is 14.7 Å². The Bertz CT molecular complexity index is 282. The summed E-state index contributed by atoms with van der Waals surface area (Å²) in [7, 11) is -10.1. The van der Waals surface area contributed by atoms with Gasteiger partial charge in [0, 0.05) is 6.42 Å². The van der Waals surface area contributed by atoms with Crippen molar-refractivity contribution in [1.82, 2.24) is 0 Å². The summed E-state index contributed by atoms with van der Waals surface area (Å²) in [6.45, 7) is 1.33. The predicted octanol–water partition coefficient (Wildman–Crippen LogP) is -0.499. The van der Waals surface area contributed by atoms with Gasteiger partial charge in [-0.05, 0) is 0 Å². The van der Waals surface area contributed by atoms with Crippen molar-refractivity contribution >= 4 is 51.2 Å². The third-order valence-electron chi connectivity index (χ3n) is 0.715. The van der Waals surface area contributed by atoms with E-state index in [1.807, 2.05) is 0 Å². The minimum absolute atomic E-state index is 0. The molecule has 0 amide bonds. The van der Waals surface area contributed by atoms with Crippen LogP contribution in [0.5, 0.6) is 0 Å². The average molecular weight is 258 g/mol. The monoisotopic (exact) mass is 258 g/mol. The van der Waals surface area contributed by atoms with Crippen LogP contribution in [0.3, 0.4) is 0 Å². The Labute approximate surface area is 102 Å². The first kappa shape index (κ1) is 17.2. The second kappa shape index (κ2) is 6.37. The SMILES string of the molecule is CCC(=O)OP(=O)(O)OP(=O)(O)O.[NaH]. The summed E-state index contributed by atoms with van der Waals surface area (Å²) in [6, 6.07) is 0. The Morgan fingerprint density at radius 2 is 1.71 bits per heavy atom. The molecule has 1 atom stereocenters. The van der Waals surface area contributed by atoms with E-state index in [0.717, 1.165) is 0 Å². The van der Waals surface area contributed by atoms with Gasteiger partial charge in [-0.25, -0.2) is 9.13 Å². The number of hydrogen-bond donors (Lipinski definition) is 3. The Morgan fingerprint density at radius 1 is 1.29 bits per heavy atom. The van der Waals surface area contributed by atoms with Gasteiger partial charge >= 0.3 is 51.2 Å². The number of hydrogen-bond acceptors (Lipinski definition) is 5. The standard InChI is InChI=1S/C3H8O8P2.Na.H/c1-2-3(4)10-13(8,9)11-12(5,6)7;;/h2H2,1H3,(H,8,9)(H2,5,6,7);;. The van der Waals surface area contributed by atoms with Crippen LogP contribution in [0.4, 0.5) is 0 Å². The average Bonchev–Trinajstić information content (AvgIpc) is 1.80. The van der Waals surface area contributed by atoms with Gasteiger partial charge in [0.15, 0.2) is 0 Å². The summed E-state index contributed by atoms with van der Waals surface area (Å²) >= 11 is 0. The van der Waals surface area contributed by atoms with Gasteiger partial charge < -0.3 is 14.3 Å². The summed E-state index contributed by atoms with van der Waals surface area (Å²) < 4.78 is 27.7. The Morgan fingerprint density at radius 3 is 2.00 bits per heavy atom. The first-order valence-corrected chi connectivity index (χ1v) is 6.01. The first-order chi connectivity index (χ1) is 5.66. The summed E-state index contributed by atoms with van der Waals surface area (Å²) in [5, 5.41) is 0. The molecule has 0 saturated heterocycles. The van der Waals surface area contributed by atoms with Gasteiger partial charge in [0.05, 0.1) is 0 Å². The fourth-order valence-electron chi connectivity index (χ4n) is 0.344. The summed E-state index contributed by atoms with van der Waals surface area (Å²) in [5.74, 6) is -1.10. The van der Waals surface area contributed by atoms with Crippen LogP contribution in [-0.2, 0) is 22.8 Å². The molecule has 0 rings (SSSR count). The van der Waals surface area contributed by atoms with Gasteiger partial charge in [0.2, 0.25) is 0 Å². The van der Waals surface area contributed by atoms with E-state index in [1.54, 1.807) is 0 Å². The zero-order valence-electron chi connectivity index (χ0n) is 6.48. The normalized spacial score (nSPS) is 15.1. The quantitative estimate of drug-likeness (QED) is 0.454. The Kier molecular flexibility index (Phi) is 7.82. The molecule has 0 aromatic carbocycles. The second-order valence-corrected chi connectivity index (χ2v) is 4.61. The minimum atomic E-state index is -5.14. The Hall–Kier alpha value is 0.770. The van der Waals surface area contributed by atoms with Gasteiger partial charge in [0.1, 0.15) is 0 Å². The summed E-state index contributed by atoms with van der Waals surface area (Å²) in [6.07, 6.45) is -0.213. The van der Waals surface area contributed by atoms with Crippen molar-refractivity contribution in [2.75, 3.05) is 0 Å². The number of carbonyl (C=O) groups excluding carboxylic acids is 1. The van der Waals surface area contributed by atoms with Crippen LogP contribution < -0.4 is 0 Å². The molecular weight excluding hydrogens is 249 g/mol. The molecule has 0 aromatic rings. The van der Waals surface area contributed by atoms with Crippen LogP contribution in [0.25, 0.3) is 0 Å². The maximum absolute atomic E-state index is 10.6. The van der Waals surface area contributed by atoms with Crippen LogP contribution >= 0.6 is 15.6 Å². The van der Waals surface area contributed by atoms with Gasteiger partial charge in [-0.1, -0.05) is 6.92 Å². The van der Waals surface area contributed by atoms with Crippen molar-refractivity contribution in [3.05, 3.63) is 0 Å². The van der Waals surface area contributed by atoms with Gasteiger partial charge in [-0.2, -0.15) is 4.31 Å². The molecule has 0 aliphatic carbocycles. The number of carbonyl (C=O) groups is 1. The Balaban J connectivity index is 0. The number of rotatable bonds is 4. The molecule has 0 aromatic heterocycles. The van der Waals surface area contributed by atoms with E-state index in [-0.39, 0.29) is 36.0 Å². The molecule has 8 nitrogen and oxygen atoms in total. The van der Waals surface area contributed by atoms with E-state index < -0.39 is 21.6 Å². The summed E-state index contributed by atoms with van der Waals surface area (Å²) in [5.41, 5.74) is 0. The van der Waals surface area contributed by atoms with Crippen molar-refractivity contribution < 1.29 is 37.4 Å². The van der Waals surface area contributed by atoms with Crippen LogP contribution in [0.15, 0.2) is 0 Å². The molecular formula is C3H9NaO8P2.